The largest absolute Gasteiger partial charge is 0.395 e. The molecular weight excluding hydrogens is 266 g/mol. The molecule has 100 valence electrons. The number of aliphatic hydroxyl groups is 1. The molecular formula is C11H13ClF2N2O2. The van der Waals surface area contributed by atoms with Gasteiger partial charge in [-0.05, 0) is 19.1 Å². The van der Waals surface area contributed by atoms with E-state index in [2.05, 4.69) is 5.32 Å². The van der Waals surface area contributed by atoms with Crippen LogP contribution in [0.3, 0.4) is 0 Å². The number of aliphatic hydroxyl groups excluding tert-OH is 1. The third-order valence-electron chi connectivity index (χ3n) is 2.28. The highest BCUT2D eigenvalue weighted by molar-refractivity contribution is 6.30. The molecule has 0 radical (unpaired) electrons. The Morgan fingerprint density at radius 3 is 2.44 bits per heavy atom. The summed E-state index contributed by atoms with van der Waals surface area (Å²) in [5.41, 5.74) is -0.555. The standard InChI is InChI=1S/C11H13ClF2N2O2/c1-2-16(3-4-17)11(18)15-10-8(13)5-7(12)6-9(10)14/h5-6,17H,2-4H2,1H3,(H,15,18). The lowest BCUT2D eigenvalue weighted by Crippen LogP contribution is -2.37. The van der Waals surface area contributed by atoms with Crippen molar-refractivity contribution in [2.24, 2.45) is 0 Å². The highest BCUT2D eigenvalue weighted by atomic mass is 35.5. The number of hydrogen-bond donors (Lipinski definition) is 2. The molecule has 0 fully saturated rings. The van der Waals surface area contributed by atoms with E-state index in [9.17, 15) is 13.6 Å². The molecule has 0 aromatic heterocycles. The quantitative estimate of drug-likeness (QED) is 0.889. The first kappa shape index (κ1) is 14.7. The summed E-state index contributed by atoms with van der Waals surface area (Å²) in [6, 6.07) is 1.12. The van der Waals surface area contributed by atoms with Crippen molar-refractivity contribution in [1.29, 1.82) is 0 Å². The highest BCUT2D eigenvalue weighted by Crippen LogP contribution is 2.23. The molecule has 2 N–H and O–H groups in total. The maximum atomic E-state index is 13.4. The van der Waals surface area contributed by atoms with Crippen LogP contribution in [0.25, 0.3) is 0 Å². The average Bonchev–Trinajstić information content (AvgIpc) is 2.30. The Bertz CT molecular complexity index is 420. The number of carbonyl (C=O) groups is 1. The summed E-state index contributed by atoms with van der Waals surface area (Å²) in [5, 5.41) is 10.8. The molecule has 0 unspecified atom stereocenters. The normalized spacial score (nSPS) is 10.3. The topological polar surface area (TPSA) is 52.6 Å². The van der Waals surface area contributed by atoms with Gasteiger partial charge in [0.25, 0.3) is 0 Å². The molecule has 0 atom stereocenters. The van der Waals surface area contributed by atoms with Gasteiger partial charge in [0.15, 0.2) is 11.6 Å². The van der Waals surface area contributed by atoms with Crippen molar-refractivity contribution in [2.45, 2.75) is 6.92 Å². The van der Waals surface area contributed by atoms with Crippen LogP contribution in [0.2, 0.25) is 5.02 Å². The second-order valence-electron chi connectivity index (χ2n) is 3.48. The van der Waals surface area contributed by atoms with Crippen molar-refractivity contribution < 1.29 is 18.7 Å². The van der Waals surface area contributed by atoms with Gasteiger partial charge in [-0.1, -0.05) is 11.6 Å². The molecule has 0 aliphatic heterocycles. The van der Waals surface area contributed by atoms with Crippen LogP contribution in [-0.2, 0) is 0 Å². The fourth-order valence-electron chi connectivity index (χ4n) is 1.37. The molecule has 2 amide bonds. The number of hydrogen-bond acceptors (Lipinski definition) is 2. The highest BCUT2D eigenvalue weighted by Gasteiger charge is 2.17. The SMILES string of the molecule is CCN(CCO)C(=O)Nc1c(F)cc(Cl)cc1F. The number of urea groups is 1. The van der Waals surface area contributed by atoms with Crippen LogP contribution in [-0.4, -0.2) is 35.7 Å². The minimum Gasteiger partial charge on any atom is -0.395 e. The van der Waals surface area contributed by atoms with Gasteiger partial charge >= 0.3 is 6.03 Å². The van der Waals surface area contributed by atoms with Gasteiger partial charge in [-0.3, -0.25) is 0 Å². The number of halogens is 3. The number of nitrogens with one attached hydrogen (secondary N) is 1. The first-order valence-corrected chi connectivity index (χ1v) is 5.68. The Labute approximate surface area is 108 Å². The van der Waals surface area contributed by atoms with E-state index < -0.39 is 23.4 Å². The van der Waals surface area contributed by atoms with Gasteiger partial charge < -0.3 is 15.3 Å². The third kappa shape index (κ3) is 3.54. The minimum atomic E-state index is -0.951. The Morgan fingerprint density at radius 1 is 1.44 bits per heavy atom. The number of benzene rings is 1. The van der Waals surface area contributed by atoms with Crippen molar-refractivity contribution >= 4 is 23.3 Å². The number of carbonyl (C=O) groups excluding carboxylic acids is 1. The maximum absolute atomic E-state index is 13.4. The molecule has 1 aromatic carbocycles. The van der Waals surface area contributed by atoms with Gasteiger partial charge in [-0.15, -0.1) is 0 Å². The van der Waals surface area contributed by atoms with Crippen LogP contribution in [0.5, 0.6) is 0 Å². The monoisotopic (exact) mass is 278 g/mol. The molecule has 7 heteroatoms. The van der Waals surface area contributed by atoms with E-state index in [1.165, 1.54) is 4.90 Å². The first-order valence-electron chi connectivity index (χ1n) is 5.31. The van der Waals surface area contributed by atoms with E-state index in [0.717, 1.165) is 12.1 Å². The summed E-state index contributed by atoms with van der Waals surface area (Å²) < 4.78 is 26.8. The fraction of sp³-hybridized carbons (Fsp3) is 0.364. The zero-order valence-electron chi connectivity index (χ0n) is 9.71. The lowest BCUT2D eigenvalue weighted by Gasteiger charge is -2.20. The number of nitrogens with zero attached hydrogens (tertiary/aromatic N) is 1. The predicted molar refractivity (Wildman–Crippen MR) is 64.7 cm³/mol. The van der Waals surface area contributed by atoms with E-state index >= 15 is 0 Å². The number of rotatable bonds is 4. The van der Waals surface area contributed by atoms with Crippen LogP contribution >= 0.6 is 11.6 Å². The fourth-order valence-corrected chi connectivity index (χ4v) is 1.56. The van der Waals surface area contributed by atoms with Crippen LogP contribution in [0.4, 0.5) is 19.3 Å². The molecule has 0 saturated heterocycles. The predicted octanol–water partition coefficient (Wildman–Crippen LogP) is 2.46. The molecule has 0 bridgehead atoms. The number of likely N-dealkylation sites (N-methyl/N-ethyl adjacent to an activating group) is 1. The van der Waals surface area contributed by atoms with Gasteiger partial charge in [0.1, 0.15) is 5.69 Å². The summed E-state index contributed by atoms with van der Waals surface area (Å²) in [7, 11) is 0. The molecule has 0 aliphatic rings. The van der Waals surface area contributed by atoms with E-state index in [1.807, 2.05) is 0 Å². The van der Waals surface area contributed by atoms with Crippen LogP contribution in [0.15, 0.2) is 12.1 Å². The van der Waals surface area contributed by atoms with Gasteiger partial charge in [0, 0.05) is 18.1 Å². The molecule has 1 rings (SSSR count). The van der Waals surface area contributed by atoms with Crippen molar-refractivity contribution in [1.82, 2.24) is 4.90 Å². The van der Waals surface area contributed by atoms with Crippen LogP contribution in [0.1, 0.15) is 6.92 Å². The third-order valence-corrected chi connectivity index (χ3v) is 2.50. The Kier molecular flexibility index (Phi) is 5.30. The summed E-state index contributed by atoms with van der Waals surface area (Å²) >= 11 is 5.46. The lowest BCUT2D eigenvalue weighted by atomic mass is 10.3. The Balaban J connectivity index is 2.87. The van der Waals surface area contributed by atoms with Gasteiger partial charge in [-0.2, -0.15) is 0 Å². The number of anilines is 1. The summed E-state index contributed by atoms with van der Waals surface area (Å²) in [6.07, 6.45) is 0. The van der Waals surface area contributed by atoms with E-state index in [0.29, 0.717) is 6.54 Å². The van der Waals surface area contributed by atoms with Gasteiger partial charge in [0.2, 0.25) is 0 Å². The molecule has 4 nitrogen and oxygen atoms in total. The van der Waals surface area contributed by atoms with Crippen LogP contribution < -0.4 is 5.32 Å². The van der Waals surface area contributed by atoms with Crippen LogP contribution in [0, 0.1) is 11.6 Å². The summed E-state index contributed by atoms with van der Waals surface area (Å²) in [5.74, 6) is -1.90. The zero-order valence-corrected chi connectivity index (χ0v) is 10.5. The minimum absolute atomic E-state index is 0.0825. The lowest BCUT2D eigenvalue weighted by molar-refractivity contribution is 0.191. The van der Waals surface area contributed by atoms with Crippen molar-refractivity contribution in [3.63, 3.8) is 0 Å². The van der Waals surface area contributed by atoms with Gasteiger partial charge in [0.05, 0.1) is 6.61 Å². The molecule has 1 aromatic rings. The average molecular weight is 279 g/mol. The number of amides is 2. The smallest absolute Gasteiger partial charge is 0.322 e. The van der Waals surface area contributed by atoms with Crippen molar-refractivity contribution in [3.8, 4) is 0 Å². The van der Waals surface area contributed by atoms with E-state index in [4.69, 9.17) is 16.7 Å². The van der Waals surface area contributed by atoms with E-state index in [-0.39, 0.29) is 18.2 Å². The Hall–Kier alpha value is -1.40. The summed E-state index contributed by atoms with van der Waals surface area (Å²) in [6.45, 7) is 1.85. The van der Waals surface area contributed by atoms with Crippen molar-refractivity contribution in [2.75, 3.05) is 25.0 Å². The molecule has 0 aliphatic carbocycles. The first-order chi connectivity index (χ1) is 8.49. The summed E-state index contributed by atoms with van der Waals surface area (Å²) in [4.78, 5) is 12.9. The molecule has 0 spiro atoms. The van der Waals surface area contributed by atoms with Gasteiger partial charge in [-0.25, -0.2) is 13.6 Å². The molecule has 18 heavy (non-hydrogen) atoms. The molecule has 0 heterocycles. The van der Waals surface area contributed by atoms with Crippen molar-refractivity contribution in [3.05, 3.63) is 28.8 Å². The van der Waals surface area contributed by atoms with E-state index in [1.54, 1.807) is 6.92 Å². The Morgan fingerprint density at radius 2 is 2.00 bits per heavy atom. The maximum Gasteiger partial charge on any atom is 0.322 e. The second-order valence-corrected chi connectivity index (χ2v) is 3.91. The zero-order chi connectivity index (χ0) is 13.7. The molecule has 0 saturated carbocycles. The second kappa shape index (κ2) is 6.51.